The Morgan fingerprint density at radius 3 is 2.38 bits per heavy atom. The number of rotatable bonds is 8. The molecule has 0 aliphatic rings. The Morgan fingerprint density at radius 2 is 1.68 bits per heavy atom. The monoisotopic (exact) mass is 490 g/mol. The minimum absolute atomic E-state index is 0.110. The zero-order valence-corrected chi connectivity index (χ0v) is 20.1. The molecule has 6 nitrogen and oxygen atoms in total. The Balaban J connectivity index is 1.65. The van der Waals surface area contributed by atoms with Crippen molar-refractivity contribution in [2.75, 3.05) is 12.8 Å². The van der Waals surface area contributed by atoms with Crippen LogP contribution in [0.5, 0.6) is 0 Å². The van der Waals surface area contributed by atoms with E-state index in [9.17, 15) is 9.59 Å². The van der Waals surface area contributed by atoms with E-state index in [1.165, 1.54) is 11.8 Å². The van der Waals surface area contributed by atoms with E-state index in [1.807, 2.05) is 83.7 Å². The first kappa shape index (κ1) is 23.6. The number of benzene rings is 3. The van der Waals surface area contributed by atoms with Gasteiger partial charge in [-0.1, -0.05) is 54.1 Å². The summed E-state index contributed by atoms with van der Waals surface area (Å²) in [5, 5.41) is 5.46. The fraction of sp³-hybridized carbons (Fsp3) is 0.115. The second-order valence-corrected chi connectivity index (χ2v) is 9.16. The lowest BCUT2D eigenvalue weighted by molar-refractivity contribution is -0.115. The van der Waals surface area contributed by atoms with E-state index in [4.69, 9.17) is 22.4 Å². The molecule has 2 amide bonds. The van der Waals surface area contributed by atoms with E-state index >= 15 is 0 Å². The Morgan fingerprint density at radius 1 is 1.00 bits per heavy atom. The summed E-state index contributed by atoms with van der Waals surface area (Å²) in [6, 6.07) is 24.5. The minimum Gasteiger partial charge on any atom is -0.369 e. The van der Waals surface area contributed by atoms with E-state index in [0.29, 0.717) is 17.1 Å². The second kappa shape index (κ2) is 10.6. The average molecular weight is 491 g/mol. The molecule has 0 unspecified atom stereocenters. The van der Waals surface area contributed by atoms with Crippen LogP contribution in [-0.2, 0) is 11.3 Å². The van der Waals surface area contributed by atoms with Crippen LogP contribution in [0, 0.1) is 0 Å². The molecule has 0 fully saturated rings. The topological polar surface area (TPSA) is 81.2 Å². The number of nitrogens with zero attached hydrogens (tertiary/aromatic N) is 3. The van der Waals surface area contributed by atoms with E-state index in [2.05, 4.69) is 0 Å². The molecule has 0 saturated carbocycles. The van der Waals surface area contributed by atoms with Crippen molar-refractivity contribution >= 4 is 35.2 Å². The number of thioether (sulfide) groups is 1. The molecule has 4 rings (SSSR count). The number of carbonyl (C=O) groups is 2. The summed E-state index contributed by atoms with van der Waals surface area (Å²) < 4.78 is 1.81. The van der Waals surface area contributed by atoms with E-state index in [0.717, 1.165) is 27.4 Å². The van der Waals surface area contributed by atoms with Gasteiger partial charge in [0.2, 0.25) is 5.91 Å². The molecule has 0 atom stereocenters. The van der Waals surface area contributed by atoms with Crippen molar-refractivity contribution in [3.05, 3.63) is 101 Å². The summed E-state index contributed by atoms with van der Waals surface area (Å²) in [6.07, 6.45) is 1.94. The number of primary amides is 1. The van der Waals surface area contributed by atoms with Crippen molar-refractivity contribution in [1.29, 1.82) is 0 Å². The molecule has 172 valence electrons. The molecule has 0 bridgehead atoms. The third kappa shape index (κ3) is 5.50. The third-order valence-corrected chi connectivity index (χ3v) is 6.52. The lowest BCUT2D eigenvalue weighted by Gasteiger charge is -2.19. The lowest BCUT2D eigenvalue weighted by atomic mass is 10.1. The van der Waals surface area contributed by atoms with Gasteiger partial charge in [0.1, 0.15) is 0 Å². The van der Waals surface area contributed by atoms with Gasteiger partial charge in [0, 0.05) is 40.8 Å². The Bertz CT molecular complexity index is 1310. The molecule has 4 aromatic rings. The molecule has 0 saturated heterocycles. The maximum absolute atomic E-state index is 13.3. The SMILES string of the molecule is CN(Cc1cn(-c2ccccc2)nc1-c1ccc(Cl)cc1)C(=O)c1ccccc1SCC(N)=O. The Kier molecular flexibility index (Phi) is 7.35. The van der Waals surface area contributed by atoms with Crippen molar-refractivity contribution in [3.63, 3.8) is 0 Å². The number of halogens is 1. The number of hydrogen-bond donors (Lipinski definition) is 1. The van der Waals surface area contributed by atoms with E-state index in [-0.39, 0.29) is 11.7 Å². The number of nitrogens with two attached hydrogens (primary N) is 1. The van der Waals surface area contributed by atoms with E-state index in [1.54, 1.807) is 18.0 Å². The maximum atomic E-state index is 13.3. The average Bonchev–Trinajstić information content (AvgIpc) is 3.27. The summed E-state index contributed by atoms with van der Waals surface area (Å²) in [7, 11) is 1.75. The predicted molar refractivity (Wildman–Crippen MR) is 136 cm³/mol. The zero-order valence-electron chi connectivity index (χ0n) is 18.5. The number of carbonyl (C=O) groups excluding carboxylic acids is 2. The van der Waals surface area contributed by atoms with Gasteiger partial charge in [-0.3, -0.25) is 9.59 Å². The van der Waals surface area contributed by atoms with Gasteiger partial charge in [0.15, 0.2) is 0 Å². The van der Waals surface area contributed by atoms with Crippen molar-refractivity contribution in [1.82, 2.24) is 14.7 Å². The first-order valence-electron chi connectivity index (χ1n) is 10.6. The van der Waals surface area contributed by atoms with Crippen LogP contribution in [-0.4, -0.2) is 39.3 Å². The first-order valence-corrected chi connectivity index (χ1v) is 11.9. The summed E-state index contributed by atoms with van der Waals surface area (Å²) in [5.41, 5.74) is 9.31. The maximum Gasteiger partial charge on any atom is 0.255 e. The lowest BCUT2D eigenvalue weighted by Crippen LogP contribution is -2.27. The van der Waals surface area contributed by atoms with Crippen LogP contribution in [0.2, 0.25) is 5.02 Å². The quantitative estimate of drug-likeness (QED) is 0.351. The van der Waals surface area contributed by atoms with Crippen LogP contribution in [0.4, 0.5) is 0 Å². The van der Waals surface area contributed by atoms with Gasteiger partial charge >= 0.3 is 0 Å². The van der Waals surface area contributed by atoms with Gasteiger partial charge in [-0.25, -0.2) is 4.68 Å². The highest BCUT2D eigenvalue weighted by Crippen LogP contribution is 2.28. The highest BCUT2D eigenvalue weighted by molar-refractivity contribution is 8.00. The minimum atomic E-state index is -0.429. The molecule has 0 aliphatic carbocycles. The van der Waals surface area contributed by atoms with Crippen LogP contribution < -0.4 is 5.73 Å². The molecule has 1 heterocycles. The predicted octanol–water partition coefficient (Wildman–Crippen LogP) is 5.04. The number of hydrogen-bond acceptors (Lipinski definition) is 4. The Labute approximate surface area is 207 Å². The molecule has 1 aromatic heterocycles. The molecule has 2 N–H and O–H groups in total. The summed E-state index contributed by atoms with van der Waals surface area (Å²) in [6.45, 7) is 0.346. The highest BCUT2D eigenvalue weighted by atomic mass is 35.5. The summed E-state index contributed by atoms with van der Waals surface area (Å²) in [4.78, 5) is 26.9. The molecular formula is C26H23ClN4O2S. The normalized spacial score (nSPS) is 10.8. The van der Waals surface area contributed by atoms with Gasteiger partial charge in [0.05, 0.1) is 22.7 Å². The number of amides is 2. The molecule has 0 radical (unpaired) electrons. The number of aromatic nitrogens is 2. The molecule has 34 heavy (non-hydrogen) atoms. The van der Waals surface area contributed by atoms with E-state index < -0.39 is 5.91 Å². The van der Waals surface area contributed by atoms with Crippen LogP contribution in [0.3, 0.4) is 0 Å². The van der Waals surface area contributed by atoms with Gasteiger partial charge in [0.25, 0.3) is 5.91 Å². The highest BCUT2D eigenvalue weighted by Gasteiger charge is 2.20. The fourth-order valence-corrected chi connectivity index (χ4v) is 4.45. The second-order valence-electron chi connectivity index (χ2n) is 7.70. The standard InChI is InChI=1S/C26H23ClN4O2S/c1-30(26(33)22-9-5-6-10-23(22)34-17-24(28)32)15-19-16-31(21-7-3-2-4-8-21)29-25(19)18-11-13-20(27)14-12-18/h2-14,16H,15,17H2,1H3,(H2,28,32). The van der Waals surface area contributed by atoms with Crippen molar-refractivity contribution in [3.8, 4) is 16.9 Å². The first-order chi connectivity index (χ1) is 16.4. The van der Waals surface area contributed by atoms with Crippen molar-refractivity contribution < 1.29 is 9.59 Å². The van der Waals surface area contributed by atoms with Crippen LogP contribution >= 0.6 is 23.4 Å². The molecule has 8 heteroatoms. The van der Waals surface area contributed by atoms with Crippen LogP contribution in [0.25, 0.3) is 16.9 Å². The molecule has 3 aromatic carbocycles. The smallest absolute Gasteiger partial charge is 0.255 e. The third-order valence-electron chi connectivity index (χ3n) is 5.17. The van der Waals surface area contributed by atoms with Crippen LogP contribution in [0.15, 0.2) is 90.0 Å². The van der Waals surface area contributed by atoms with Gasteiger partial charge in [-0.2, -0.15) is 5.10 Å². The van der Waals surface area contributed by atoms with Gasteiger partial charge in [-0.15, -0.1) is 11.8 Å². The molecule has 0 aliphatic heterocycles. The zero-order chi connectivity index (χ0) is 24.1. The van der Waals surface area contributed by atoms with Crippen LogP contribution in [0.1, 0.15) is 15.9 Å². The van der Waals surface area contributed by atoms with Gasteiger partial charge in [-0.05, 0) is 36.4 Å². The fourth-order valence-electron chi connectivity index (χ4n) is 3.54. The summed E-state index contributed by atoms with van der Waals surface area (Å²) in [5.74, 6) is -0.470. The van der Waals surface area contributed by atoms with Crippen molar-refractivity contribution in [2.24, 2.45) is 5.73 Å². The summed E-state index contributed by atoms with van der Waals surface area (Å²) >= 11 is 7.34. The van der Waals surface area contributed by atoms with Crippen molar-refractivity contribution in [2.45, 2.75) is 11.4 Å². The largest absolute Gasteiger partial charge is 0.369 e. The molecular weight excluding hydrogens is 468 g/mol. The van der Waals surface area contributed by atoms with Gasteiger partial charge < -0.3 is 10.6 Å². The Hall–Kier alpha value is -3.55. The number of para-hydroxylation sites is 1. The molecule has 0 spiro atoms.